The molecular formula is C27H36N4O4. The highest BCUT2D eigenvalue weighted by molar-refractivity contribution is 5.98. The molecule has 2 amide bonds. The van der Waals surface area contributed by atoms with Gasteiger partial charge in [0.25, 0.3) is 5.91 Å². The minimum Gasteiger partial charge on any atom is -0.490 e. The summed E-state index contributed by atoms with van der Waals surface area (Å²) in [6.07, 6.45) is 8.73. The zero-order valence-corrected chi connectivity index (χ0v) is 20.4. The van der Waals surface area contributed by atoms with Crippen LogP contribution in [0, 0.1) is 0 Å². The third kappa shape index (κ3) is 7.42. The van der Waals surface area contributed by atoms with E-state index < -0.39 is 0 Å². The maximum Gasteiger partial charge on any atom is 0.259 e. The molecule has 1 fully saturated rings. The highest BCUT2D eigenvalue weighted by atomic mass is 16.5. The molecule has 2 aliphatic heterocycles. The maximum atomic E-state index is 13.5. The van der Waals surface area contributed by atoms with Gasteiger partial charge in [0.1, 0.15) is 5.56 Å². The van der Waals surface area contributed by atoms with Crippen LogP contribution in [-0.2, 0) is 4.79 Å². The van der Waals surface area contributed by atoms with Crippen molar-refractivity contribution >= 4 is 11.8 Å². The molecule has 0 aliphatic carbocycles. The smallest absolute Gasteiger partial charge is 0.259 e. The number of aromatic nitrogens is 1. The number of nitrogens with one attached hydrogen (secondary N) is 1. The van der Waals surface area contributed by atoms with Gasteiger partial charge in [0.2, 0.25) is 11.8 Å². The number of amides is 2. The molecule has 2 aliphatic rings. The van der Waals surface area contributed by atoms with Crippen molar-refractivity contribution in [3.63, 3.8) is 0 Å². The van der Waals surface area contributed by atoms with Gasteiger partial charge in [-0.1, -0.05) is 25.0 Å². The Balaban J connectivity index is 1.44. The lowest BCUT2D eigenvalue weighted by molar-refractivity contribution is -0.121. The van der Waals surface area contributed by atoms with E-state index in [4.69, 9.17) is 9.47 Å². The van der Waals surface area contributed by atoms with Gasteiger partial charge in [0.15, 0.2) is 11.5 Å². The highest BCUT2D eigenvalue weighted by Crippen LogP contribution is 2.32. The summed E-state index contributed by atoms with van der Waals surface area (Å²) < 4.78 is 12.0. The van der Waals surface area contributed by atoms with E-state index in [2.05, 4.69) is 15.2 Å². The van der Waals surface area contributed by atoms with Crippen LogP contribution in [0.1, 0.15) is 55.3 Å². The van der Waals surface area contributed by atoms with E-state index in [0.29, 0.717) is 36.8 Å². The number of hydrogen-bond donors (Lipinski definition) is 1. The standard InChI is InChI=1S/C27H36N4O4/c32-25(28-15-10-18-30-16-6-7-17-30)21-31-19-5-1-2-8-20-34-23-12-3-4-13-24(23)35-26-22(27(31)33)11-9-14-29-26/h3-4,9,11-14H,1-2,5-8,10,15-21H2,(H,28,32). The number of ether oxygens (including phenoxy) is 2. The Kier molecular flexibility index (Phi) is 9.34. The third-order valence-electron chi connectivity index (χ3n) is 6.43. The summed E-state index contributed by atoms with van der Waals surface area (Å²) in [6, 6.07) is 10.8. The van der Waals surface area contributed by atoms with Crippen molar-refractivity contribution < 1.29 is 19.1 Å². The van der Waals surface area contributed by atoms with Crippen molar-refractivity contribution in [1.29, 1.82) is 0 Å². The second-order valence-corrected chi connectivity index (χ2v) is 9.15. The van der Waals surface area contributed by atoms with Gasteiger partial charge in [-0.15, -0.1) is 0 Å². The van der Waals surface area contributed by atoms with E-state index in [9.17, 15) is 9.59 Å². The molecule has 1 N–H and O–H groups in total. The summed E-state index contributed by atoms with van der Waals surface area (Å²) in [7, 11) is 0. The average molecular weight is 481 g/mol. The van der Waals surface area contributed by atoms with E-state index in [1.165, 1.54) is 12.8 Å². The third-order valence-corrected chi connectivity index (χ3v) is 6.43. The Morgan fingerprint density at radius 3 is 2.57 bits per heavy atom. The number of rotatable bonds is 6. The van der Waals surface area contributed by atoms with Gasteiger partial charge in [0.05, 0.1) is 13.2 Å². The van der Waals surface area contributed by atoms with Crippen LogP contribution in [0.5, 0.6) is 17.4 Å². The van der Waals surface area contributed by atoms with Crippen LogP contribution in [0.4, 0.5) is 0 Å². The molecule has 35 heavy (non-hydrogen) atoms. The zero-order valence-electron chi connectivity index (χ0n) is 20.4. The van der Waals surface area contributed by atoms with Gasteiger partial charge in [-0.3, -0.25) is 9.59 Å². The topological polar surface area (TPSA) is 84.0 Å². The number of carbonyl (C=O) groups excluding carboxylic acids is 2. The predicted molar refractivity (Wildman–Crippen MR) is 134 cm³/mol. The van der Waals surface area contributed by atoms with Crippen LogP contribution in [0.3, 0.4) is 0 Å². The largest absolute Gasteiger partial charge is 0.490 e. The zero-order chi connectivity index (χ0) is 24.3. The van der Waals surface area contributed by atoms with Gasteiger partial charge >= 0.3 is 0 Å². The Morgan fingerprint density at radius 1 is 0.943 bits per heavy atom. The molecule has 8 nitrogen and oxygen atoms in total. The lowest BCUT2D eigenvalue weighted by atomic mass is 10.1. The Labute approximate surface area is 207 Å². The normalized spacial score (nSPS) is 17.5. The molecule has 1 aromatic carbocycles. The van der Waals surface area contributed by atoms with Crippen LogP contribution in [0.15, 0.2) is 42.6 Å². The van der Waals surface area contributed by atoms with E-state index in [-0.39, 0.29) is 24.2 Å². The average Bonchev–Trinajstić information content (AvgIpc) is 3.39. The van der Waals surface area contributed by atoms with Gasteiger partial charge in [-0.25, -0.2) is 4.98 Å². The molecular weight excluding hydrogens is 444 g/mol. The Bertz CT molecular complexity index is 977. The molecule has 1 aromatic heterocycles. The summed E-state index contributed by atoms with van der Waals surface area (Å²) in [5.41, 5.74) is 0.334. The first kappa shape index (κ1) is 25.0. The Morgan fingerprint density at radius 2 is 1.71 bits per heavy atom. The molecule has 0 radical (unpaired) electrons. The Hall–Kier alpha value is -3.13. The fourth-order valence-corrected chi connectivity index (χ4v) is 4.52. The molecule has 0 unspecified atom stereocenters. The first-order valence-corrected chi connectivity index (χ1v) is 12.8. The predicted octanol–water partition coefficient (Wildman–Crippen LogP) is 3.87. The number of nitrogens with zero attached hydrogens (tertiary/aromatic N) is 3. The van der Waals surface area contributed by atoms with E-state index in [1.807, 2.05) is 18.2 Å². The number of fused-ring (bicyclic) bond motifs is 2. The first-order chi connectivity index (χ1) is 17.2. The van der Waals surface area contributed by atoms with Crippen LogP contribution >= 0.6 is 0 Å². The fraction of sp³-hybridized carbons (Fsp3) is 0.519. The fourth-order valence-electron chi connectivity index (χ4n) is 4.52. The molecule has 8 heteroatoms. The molecule has 0 atom stereocenters. The second-order valence-electron chi connectivity index (χ2n) is 9.15. The molecule has 188 valence electrons. The van der Waals surface area contributed by atoms with Crippen LogP contribution < -0.4 is 14.8 Å². The molecule has 0 saturated carbocycles. The summed E-state index contributed by atoms with van der Waals surface area (Å²) in [6.45, 7) is 5.06. The number of carbonyl (C=O) groups is 2. The molecule has 4 rings (SSSR count). The number of pyridine rings is 1. The maximum absolute atomic E-state index is 13.5. The minimum atomic E-state index is -0.254. The van der Waals surface area contributed by atoms with E-state index >= 15 is 0 Å². The summed E-state index contributed by atoms with van der Waals surface area (Å²) in [4.78, 5) is 34.6. The monoisotopic (exact) mass is 480 g/mol. The van der Waals surface area contributed by atoms with Gasteiger partial charge in [-0.05, 0) is 76.0 Å². The number of para-hydroxylation sites is 2. The number of hydrogen-bond acceptors (Lipinski definition) is 6. The number of benzene rings is 1. The van der Waals surface area contributed by atoms with Crippen molar-refractivity contribution in [3.05, 3.63) is 48.2 Å². The van der Waals surface area contributed by atoms with Crippen molar-refractivity contribution in [2.24, 2.45) is 0 Å². The second kappa shape index (κ2) is 13.1. The highest BCUT2D eigenvalue weighted by Gasteiger charge is 2.24. The van der Waals surface area contributed by atoms with Crippen molar-refractivity contribution in [2.75, 3.05) is 45.9 Å². The minimum absolute atomic E-state index is 0.0244. The lowest BCUT2D eigenvalue weighted by Crippen LogP contribution is -2.42. The molecule has 0 spiro atoms. The van der Waals surface area contributed by atoms with Crippen LogP contribution in [0.2, 0.25) is 0 Å². The summed E-state index contributed by atoms with van der Waals surface area (Å²) in [5, 5.41) is 2.99. The lowest BCUT2D eigenvalue weighted by Gasteiger charge is -2.24. The van der Waals surface area contributed by atoms with Crippen LogP contribution in [0.25, 0.3) is 0 Å². The molecule has 0 bridgehead atoms. The molecule has 1 saturated heterocycles. The van der Waals surface area contributed by atoms with Crippen LogP contribution in [-0.4, -0.2) is 72.5 Å². The SMILES string of the molecule is O=C(CN1CCCCCCOc2ccccc2Oc2ncccc2C1=O)NCCCN1CCCC1. The van der Waals surface area contributed by atoms with Gasteiger partial charge in [0, 0.05) is 19.3 Å². The van der Waals surface area contributed by atoms with Gasteiger partial charge < -0.3 is 24.6 Å². The van der Waals surface area contributed by atoms with Crippen molar-refractivity contribution in [1.82, 2.24) is 20.1 Å². The van der Waals surface area contributed by atoms with E-state index in [0.717, 1.165) is 51.7 Å². The summed E-state index contributed by atoms with van der Waals surface area (Å²) in [5.74, 6) is 0.960. The quantitative estimate of drug-likeness (QED) is 0.632. The number of likely N-dealkylation sites (tertiary alicyclic amines) is 1. The first-order valence-electron chi connectivity index (χ1n) is 12.8. The molecule has 3 heterocycles. The summed E-state index contributed by atoms with van der Waals surface area (Å²) >= 11 is 0. The molecule has 2 aromatic rings. The van der Waals surface area contributed by atoms with Crippen molar-refractivity contribution in [2.45, 2.75) is 44.9 Å². The van der Waals surface area contributed by atoms with Crippen molar-refractivity contribution in [3.8, 4) is 17.4 Å². The van der Waals surface area contributed by atoms with E-state index in [1.54, 1.807) is 29.3 Å². The van der Waals surface area contributed by atoms with Gasteiger partial charge in [-0.2, -0.15) is 0 Å².